The molecule has 1 unspecified atom stereocenters. The van der Waals surface area contributed by atoms with Crippen LogP contribution in [0.5, 0.6) is 11.5 Å². The fourth-order valence-corrected chi connectivity index (χ4v) is 9.84. The molecule has 278 valence electrons. The van der Waals surface area contributed by atoms with Crippen molar-refractivity contribution in [2.24, 2.45) is 0 Å². The highest BCUT2D eigenvalue weighted by Gasteiger charge is 2.51. The van der Waals surface area contributed by atoms with Crippen LogP contribution in [0.1, 0.15) is 22.3 Å². The van der Waals surface area contributed by atoms with Gasteiger partial charge in [0, 0.05) is 44.6 Å². The monoisotopic (exact) mass is 758 g/mol. The third-order valence-electron chi connectivity index (χ3n) is 12.3. The summed E-state index contributed by atoms with van der Waals surface area (Å²) in [5.41, 5.74) is 15.0. The van der Waals surface area contributed by atoms with E-state index in [1.807, 2.05) is 12.1 Å². The first-order valence-corrected chi connectivity index (χ1v) is 20.0. The average Bonchev–Trinajstić information content (AvgIpc) is 3.77. The van der Waals surface area contributed by atoms with E-state index in [1.165, 1.54) is 34.4 Å². The minimum atomic E-state index is -0.629. The number of anilines is 3. The standard InChI is InChI=1S/C55H35FN2O/c56-38-24-26-40(27-25-38)58-51-21-11-8-18-45(51)46-34-41(29-32-52(46)58)57(39-15-5-2-6-16-39)42-28-30-44-43-17-7-9-19-47(43)55(50(44)35-42)48-20-10-12-22-53(48)59-54-33-37(23-31-49(54)55)36-13-3-1-4-14-36/h1-35H. The number of aromatic nitrogens is 1. The minimum Gasteiger partial charge on any atom is -0.457 e. The lowest BCUT2D eigenvalue weighted by molar-refractivity contribution is 0.436. The molecular formula is C55H35FN2O. The summed E-state index contributed by atoms with van der Waals surface area (Å²) in [6, 6.07) is 74.1. The Labute approximate surface area is 341 Å². The molecule has 0 saturated carbocycles. The largest absolute Gasteiger partial charge is 0.457 e. The third kappa shape index (κ3) is 4.93. The SMILES string of the molecule is Fc1ccc(-n2c3ccccc3c3cc(N(c4ccccc4)c4ccc5c(c4)C4(c6ccccc6Oc6cc(-c7ccccc7)ccc64)c4ccccc4-5)ccc32)cc1. The van der Waals surface area contributed by atoms with Crippen molar-refractivity contribution in [3.63, 3.8) is 0 Å². The smallest absolute Gasteiger partial charge is 0.132 e. The van der Waals surface area contributed by atoms with Crippen LogP contribution in [-0.4, -0.2) is 4.57 Å². The lowest BCUT2D eigenvalue weighted by atomic mass is 9.66. The number of ether oxygens (including phenoxy) is 1. The van der Waals surface area contributed by atoms with Gasteiger partial charge in [-0.2, -0.15) is 0 Å². The Morgan fingerprint density at radius 3 is 1.90 bits per heavy atom. The zero-order valence-corrected chi connectivity index (χ0v) is 31.9. The van der Waals surface area contributed by atoms with E-state index in [0.29, 0.717) is 0 Å². The van der Waals surface area contributed by atoms with Gasteiger partial charge in [0.05, 0.1) is 16.4 Å². The van der Waals surface area contributed by atoms with Gasteiger partial charge in [-0.15, -0.1) is 0 Å². The molecule has 1 aromatic heterocycles. The third-order valence-corrected chi connectivity index (χ3v) is 12.3. The molecule has 0 bridgehead atoms. The van der Waals surface area contributed by atoms with Crippen LogP contribution in [-0.2, 0) is 5.41 Å². The van der Waals surface area contributed by atoms with Gasteiger partial charge < -0.3 is 14.2 Å². The van der Waals surface area contributed by atoms with Crippen molar-refractivity contribution in [1.29, 1.82) is 0 Å². The Balaban J connectivity index is 1.10. The van der Waals surface area contributed by atoms with Crippen LogP contribution in [0.25, 0.3) is 49.7 Å². The second-order valence-electron chi connectivity index (χ2n) is 15.4. The number of benzene rings is 9. The molecule has 12 rings (SSSR count). The van der Waals surface area contributed by atoms with Crippen molar-refractivity contribution in [2.75, 3.05) is 4.90 Å². The Bertz CT molecular complexity index is 3260. The number of halogens is 1. The maximum atomic E-state index is 14.1. The molecule has 0 radical (unpaired) electrons. The number of hydrogen-bond acceptors (Lipinski definition) is 2. The minimum absolute atomic E-state index is 0.251. The summed E-state index contributed by atoms with van der Waals surface area (Å²) < 4.78 is 23.2. The molecule has 1 aliphatic carbocycles. The zero-order valence-electron chi connectivity index (χ0n) is 31.9. The van der Waals surface area contributed by atoms with Gasteiger partial charge in [-0.3, -0.25) is 0 Å². The molecule has 0 fully saturated rings. The van der Waals surface area contributed by atoms with Crippen molar-refractivity contribution in [2.45, 2.75) is 5.41 Å². The second-order valence-corrected chi connectivity index (χ2v) is 15.4. The molecule has 1 aliphatic heterocycles. The quantitative estimate of drug-likeness (QED) is 0.174. The van der Waals surface area contributed by atoms with Crippen LogP contribution < -0.4 is 9.64 Å². The molecule has 0 amide bonds. The van der Waals surface area contributed by atoms with E-state index < -0.39 is 5.41 Å². The van der Waals surface area contributed by atoms with E-state index >= 15 is 0 Å². The average molecular weight is 759 g/mol. The first-order valence-electron chi connectivity index (χ1n) is 20.0. The molecule has 10 aromatic rings. The molecule has 3 nitrogen and oxygen atoms in total. The fourth-order valence-electron chi connectivity index (χ4n) is 9.84. The fraction of sp³-hybridized carbons (Fsp3) is 0.0182. The highest BCUT2D eigenvalue weighted by molar-refractivity contribution is 6.10. The van der Waals surface area contributed by atoms with Gasteiger partial charge in [0.1, 0.15) is 17.3 Å². The topological polar surface area (TPSA) is 17.4 Å². The van der Waals surface area contributed by atoms with E-state index in [2.05, 4.69) is 198 Å². The lowest BCUT2D eigenvalue weighted by Gasteiger charge is -2.40. The van der Waals surface area contributed by atoms with Crippen LogP contribution in [0.4, 0.5) is 21.5 Å². The molecule has 0 N–H and O–H groups in total. The summed E-state index contributed by atoms with van der Waals surface area (Å²) in [6.07, 6.45) is 0. The summed E-state index contributed by atoms with van der Waals surface area (Å²) in [5, 5.41) is 2.25. The summed E-state index contributed by atoms with van der Waals surface area (Å²) in [7, 11) is 0. The van der Waals surface area contributed by atoms with Gasteiger partial charge in [-0.05, 0) is 118 Å². The highest BCUT2D eigenvalue weighted by Crippen LogP contribution is 2.63. The van der Waals surface area contributed by atoms with Crippen molar-refractivity contribution in [3.8, 4) is 39.4 Å². The molecular weight excluding hydrogens is 724 g/mol. The summed E-state index contributed by atoms with van der Waals surface area (Å²) in [4.78, 5) is 2.37. The van der Waals surface area contributed by atoms with Gasteiger partial charge in [-0.25, -0.2) is 4.39 Å². The first kappa shape index (κ1) is 33.4. The molecule has 2 heterocycles. The van der Waals surface area contributed by atoms with Crippen molar-refractivity contribution >= 4 is 38.9 Å². The van der Waals surface area contributed by atoms with Gasteiger partial charge >= 0.3 is 0 Å². The van der Waals surface area contributed by atoms with Crippen LogP contribution in [0.2, 0.25) is 0 Å². The maximum Gasteiger partial charge on any atom is 0.132 e. The van der Waals surface area contributed by atoms with E-state index in [4.69, 9.17) is 4.74 Å². The van der Waals surface area contributed by atoms with E-state index in [9.17, 15) is 4.39 Å². The molecule has 9 aromatic carbocycles. The Kier molecular flexibility index (Phi) is 7.32. The number of para-hydroxylation sites is 3. The van der Waals surface area contributed by atoms with E-state index in [0.717, 1.165) is 78.3 Å². The normalized spacial score (nSPS) is 14.7. The number of nitrogens with zero attached hydrogens (tertiary/aromatic N) is 2. The van der Waals surface area contributed by atoms with E-state index in [-0.39, 0.29) is 5.82 Å². The van der Waals surface area contributed by atoms with Gasteiger partial charge in [0.15, 0.2) is 0 Å². The van der Waals surface area contributed by atoms with Gasteiger partial charge in [0.25, 0.3) is 0 Å². The maximum absolute atomic E-state index is 14.1. The lowest BCUT2D eigenvalue weighted by Crippen LogP contribution is -2.32. The zero-order chi connectivity index (χ0) is 39.1. The molecule has 2 aliphatic rings. The second kappa shape index (κ2) is 12.9. The Morgan fingerprint density at radius 1 is 0.407 bits per heavy atom. The van der Waals surface area contributed by atoms with Crippen LogP contribution in [0, 0.1) is 5.82 Å². The van der Waals surface area contributed by atoms with Crippen molar-refractivity contribution in [1.82, 2.24) is 4.57 Å². The summed E-state index contributed by atoms with van der Waals surface area (Å²) in [6.45, 7) is 0. The van der Waals surface area contributed by atoms with Gasteiger partial charge in [0.2, 0.25) is 0 Å². The molecule has 0 saturated heterocycles. The molecule has 59 heavy (non-hydrogen) atoms. The number of rotatable bonds is 5. The Morgan fingerprint density at radius 2 is 1.05 bits per heavy atom. The summed E-state index contributed by atoms with van der Waals surface area (Å²) in [5.74, 6) is 1.47. The first-order chi connectivity index (χ1) is 29.2. The Hall–Kier alpha value is -7.69. The van der Waals surface area contributed by atoms with Crippen molar-refractivity contribution in [3.05, 3.63) is 240 Å². The molecule has 1 atom stereocenters. The highest BCUT2D eigenvalue weighted by atomic mass is 19.1. The van der Waals surface area contributed by atoms with Crippen LogP contribution >= 0.6 is 0 Å². The van der Waals surface area contributed by atoms with Gasteiger partial charge in [-0.1, -0.05) is 127 Å². The van der Waals surface area contributed by atoms with Crippen LogP contribution in [0.3, 0.4) is 0 Å². The van der Waals surface area contributed by atoms with E-state index in [1.54, 1.807) is 0 Å². The number of fused-ring (bicyclic) bond motifs is 12. The predicted molar refractivity (Wildman–Crippen MR) is 238 cm³/mol. The molecule has 4 heteroatoms. The molecule has 1 spiro atoms. The summed E-state index contributed by atoms with van der Waals surface area (Å²) >= 11 is 0. The number of hydrogen-bond donors (Lipinski definition) is 0. The predicted octanol–water partition coefficient (Wildman–Crippen LogP) is 14.5. The van der Waals surface area contributed by atoms with Crippen LogP contribution in [0.15, 0.2) is 212 Å². The van der Waals surface area contributed by atoms with Crippen molar-refractivity contribution < 1.29 is 9.13 Å².